The quantitative estimate of drug-likeness (QED) is 0.852. The lowest BCUT2D eigenvalue weighted by molar-refractivity contribution is 0.0251. The van der Waals surface area contributed by atoms with E-state index in [0.717, 1.165) is 11.3 Å². The molecular formula is C15H23NO3. The highest BCUT2D eigenvalue weighted by atomic mass is 16.5. The van der Waals surface area contributed by atoms with Gasteiger partial charge >= 0.3 is 0 Å². The third kappa shape index (κ3) is 3.47. The number of hydrogen-bond acceptors (Lipinski definition) is 4. The van der Waals surface area contributed by atoms with Crippen molar-refractivity contribution in [3.05, 3.63) is 29.3 Å². The van der Waals surface area contributed by atoms with Gasteiger partial charge in [0.25, 0.3) is 0 Å². The first-order chi connectivity index (χ1) is 9.04. The zero-order valence-corrected chi connectivity index (χ0v) is 11.9. The smallest absolute Gasteiger partial charge is 0.123 e. The van der Waals surface area contributed by atoms with Gasteiger partial charge in [0.15, 0.2) is 0 Å². The fourth-order valence-electron chi connectivity index (χ4n) is 2.38. The number of nitrogens with one attached hydrogen (secondary N) is 1. The van der Waals surface area contributed by atoms with Crippen molar-refractivity contribution in [2.45, 2.75) is 31.9 Å². The molecule has 4 heteroatoms. The molecule has 106 valence electrons. The first-order valence-corrected chi connectivity index (χ1v) is 6.72. The lowest BCUT2D eigenvalue weighted by atomic mass is 10.0. The van der Waals surface area contributed by atoms with Crippen LogP contribution in [0.1, 0.15) is 30.5 Å². The number of aryl methyl sites for hydroxylation is 1. The summed E-state index contributed by atoms with van der Waals surface area (Å²) in [4.78, 5) is 0. The van der Waals surface area contributed by atoms with Crippen molar-refractivity contribution in [1.29, 1.82) is 0 Å². The van der Waals surface area contributed by atoms with E-state index in [0.29, 0.717) is 26.2 Å². The van der Waals surface area contributed by atoms with Gasteiger partial charge in [-0.15, -0.1) is 0 Å². The average Bonchev–Trinajstić information content (AvgIpc) is 2.83. The molecule has 2 N–H and O–H groups in total. The van der Waals surface area contributed by atoms with Gasteiger partial charge in [-0.05, 0) is 19.9 Å². The zero-order valence-electron chi connectivity index (χ0n) is 11.9. The minimum absolute atomic E-state index is 0.125. The number of hydrogen-bond donors (Lipinski definition) is 2. The van der Waals surface area contributed by atoms with Crippen molar-refractivity contribution in [1.82, 2.24) is 5.32 Å². The molecule has 2 atom stereocenters. The maximum absolute atomic E-state index is 10.2. The molecule has 0 aliphatic carbocycles. The van der Waals surface area contributed by atoms with Crippen molar-refractivity contribution in [3.8, 4) is 5.75 Å². The summed E-state index contributed by atoms with van der Waals surface area (Å²) in [5.74, 6) is 0.875. The normalized spacial score (nSPS) is 24.4. The van der Waals surface area contributed by atoms with Crippen LogP contribution in [-0.2, 0) is 4.74 Å². The van der Waals surface area contributed by atoms with E-state index >= 15 is 0 Å². The van der Waals surface area contributed by atoms with Gasteiger partial charge in [-0.25, -0.2) is 0 Å². The predicted molar refractivity (Wildman–Crippen MR) is 74.5 cm³/mol. The maximum Gasteiger partial charge on any atom is 0.123 e. The molecule has 0 bridgehead atoms. The molecule has 19 heavy (non-hydrogen) atoms. The van der Waals surface area contributed by atoms with Crippen molar-refractivity contribution < 1.29 is 14.6 Å². The largest absolute Gasteiger partial charge is 0.496 e. The summed E-state index contributed by atoms with van der Waals surface area (Å²) in [5, 5.41) is 13.6. The summed E-state index contributed by atoms with van der Waals surface area (Å²) in [6.45, 7) is 5.73. The molecule has 4 nitrogen and oxygen atoms in total. The van der Waals surface area contributed by atoms with Crippen LogP contribution in [0.2, 0.25) is 0 Å². The van der Waals surface area contributed by atoms with Gasteiger partial charge < -0.3 is 19.9 Å². The summed E-state index contributed by atoms with van der Waals surface area (Å²) in [5.41, 5.74) is 1.59. The number of aliphatic hydroxyl groups is 1. The van der Waals surface area contributed by atoms with Crippen molar-refractivity contribution in [2.75, 3.05) is 26.9 Å². The lowest BCUT2D eigenvalue weighted by Crippen LogP contribution is -2.41. The Kier molecular flexibility index (Phi) is 4.45. The molecule has 0 amide bonds. The van der Waals surface area contributed by atoms with Gasteiger partial charge in [0.2, 0.25) is 0 Å². The van der Waals surface area contributed by atoms with Crippen LogP contribution in [0.5, 0.6) is 5.75 Å². The number of methoxy groups -OCH3 is 1. The highest BCUT2D eigenvalue weighted by Gasteiger charge is 2.32. The summed E-state index contributed by atoms with van der Waals surface area (Å²) >= 11 is 0. The van der Waals surface area contributed by atoms with Crippen LogP contribution in [0.25, 0.3) is 0 Å². The van der Waals surface area contributed by atoms with Crippen molar-refractivity contribution in [3.63, 3.8) is 0 Å². The molecular weight excluding hydrogens is 242 g/mol. The van der Waals surface area contributed by atoms with E-state index in [1.807, 2.05) is 12.1 Å². The van der Waals surface area contributed by atoms with Crippen LogP contribution in [0.3, 0.4) is 0 Å². The molecule has 1 saturated heterocycles. The van der Waals surface area contributed by atoms with Crippen molar-refractivity contribution >= 4 is 0 Å². The first kappa shape index (κ1) is 14.3. The van der Waals surface area contributed by atoms with Crippen LogP contribution in [0.4, 0.5) is 0 Å². The minimum Gasteiger partial charge on any atom is -0.496 e. The lowest BCUT2D eigenvalue weighted by Gasteiger charge is -2.25. The number of ether oxygens (including phenoxy) is 2. The monoisotopic (exact) mass is 265 g/mol. The summed E-state index contributed by atoms with van der Waals surface area (Å²) in [6, 6.07) is 6.26. The molecule has 1 aromatic rings. The van der Waals surface area contributed by atoms with Gasteiger partial charge in [-0.2, -0.15) is 0 Å². The maximum atomic E-state index is 10.2. The standard InChI is InChI=1S/C15H23NO3/c1-11-4-5-14(18-3)13(8-11)12(2)16-9-15(17)6-7-19-10-15/h4-5,8,12,16-17H,6-7,9-10H2,1-3H3/t12-,15-/m1/s1. The summed E-state index contributed by atoms with van der Waals surface area (Å²) in [6.07, 6.45) is 0.692. The fraction of sp³-hybridized carbons (Fsp3) is 0.600. The zero-order chi connectivity index (χ0) is 13.9. The third-order valence-corrected chi connectivity index (χ3v) is 3.67. The Labute approximate surface area is 114 Å². The molecule has 1 fully saturated rings. The van der Waals surface area contributed by atoms with Gasteiger partial charge in [0.1, 0.15) is 11.4 Å². The van der Waals surface area contributed by atoms with E-state index in [4.69, 9.17) is 9.47 Å². The topological polar surface area (TPSA) is 50.7 Å². The molecule has 0 spiro atoms. The number of rotatable bonds is 5. The van der Waals surface area contributed by atoms with Gasteiger partial charge in [-0.1, -0.05) is 17.7 Å². The first-order valence-electron chi connectivity index (χ1n) is 6.72. The van der Waals surface area contributed by atoms with Crippen LogP contribution in [0.15, 0.2) is 18.2 Å². The Bertz CT molecular complexity index is 427. The molecule has 0 radical (unpaired) electrons. The van der Waals surface area contributed by atoms with Gasteiger partial charge in [-0.3, -0.25) is 0 Å². The average molecular weight is 265 g/mol. The summed E-state index contributed by atoms with van der Waals surface area (Å²) in [7, 11) is 1.68. The molecule has 1 aliphatic heterocycles. The van der Waals surface area contributed by atoms with E-state index < -0.39 is 5.60 Å². The SMILES string of the molecule is COc1ccc(C)cc1[C@@H](C)NC[C@]1(O)CCOC1. The van der Waals surface area contributed by atoms with E-state index in [2.05, 4.69) is 25.2 Å². The highest BCUT2D eigenvalue weighted by molar-refractivity contribution is 5.38. The second-order valence-corrected chi connectivity index (χ2v) is 5.37. The van der Waals surface area contributed by atoms with Crippen molar-refractivity contribution in [2.24, 2.45) is 0 Å². The van der Waals surface area contributed by atoms with Crippen LogP contribution < -0.4 is 10.1 Å². The Morgan fingerprint density at radius 1 is 1.53 bits per heavy atom. The molecule has 0 unspecified atom stereocenters. The number of benzene rings is 1. The van der Waals surface area contributed by atoms with E-state index in [-0.39, 0.29) is 6.04 Å². The molecule has 1 aliphatic rings. The van der Waals surface area contributed by atoms with Gasteiger partial charge in [0.05, 0.1) is 13.7 Å². The molecule has 2 rings (SSSR count). The Morgan fingerprint density at radius 3 is 2.95 bits per heavy atom. The molecule has 0 saturated carbocycles. The van der Waals surface area contributed by atoms with E-state index in [1.54, 1.807) is 7.11 Å². The molecule has 0 aromatic heterocycles. The minimum atomic E-state index is -0.731. The summed E-state index contributed by atoms with van der Waals surface area (Å²) < 4.78 is 10.6. The van der Waals surface area contributed by atoms with Crippen LogP contribution >= 0.6 is 0 Å². The molecule has 1 heterocycles. The van der Waals surface area contributed by atoms with Crippen LogP contribution in [-0.4, -0.2) is 37.6 Å². The third-order valence-electron chi connectivity index (χ3n) is 3.67. The van der Waals surface area contributed by atoms with E-state index in [9.17, 15) is 5.11 Å². The second kappa shape index (κ2) is 5.90. The second-order valence-electron chi connectivity index (χ2n) is 5.37. The van der Waals surface area contributed by atoms with Gasteiger partial charge in [0, 0.05) is 31.2 Å². The Morgan fingerprint density at radius 2 is 2.32 bits per heavy atom. The Balaban J connectivity index is 2.03. The molecule has 1 aromatic carbocycles. The van der Waals surface area contributed by atoms with Crippen LogP contribution in [0, 0.1) is 6.92 Å². The van der Waals surface area contributed by atoms with E-state index in [1.165, 1.54) is 5.56 Å². The fourth-order valence-corrected chi connectivity index (χ4v) is 2.38. The highest BCUT2D eigenvalue weighted by Crippen LogP contribution is 2.27. The Hall–Kier alpha value is -1.10. The predicted octanol–water partition coefficient (Wildman–Crippen LogP) is 1.81.